The monoisotopic (exact) mass is 452 g/mol. The number of hydrogen-bond donors (Lipinski definition) is 0. The number of carbonyl (C=O) groups excluding carboxylic acids is 1. The smallest absolute Gasteiger partial charge is 0.305 e. The van der Waals surface area contributed by atoms with Gasteiger partial charge in [-0.25, -0.2) is 9.97 Å². The summed E-state index contributed by atoms with van der Waals surface area (Å²) in [7, 11) is 1.45. The van der Waals surface area contributed by atoms with Crippen LogP contribution in [-0.2, 0) is 16.1 Å². The second kappa shape index (κ2) is 14.9. The first-order chi connectivity index (χ1) is 16.1. The van der Waals surface area contributed by atoms with E-state index < -0.39 is 0 Å². The first-order valence-corrected chi connectivity index (χ1v) is 12.2. The van der Waals surface area contributed by atoms with Crippen LogP contribution in [0.2, 0.25) is 0 Å². The van der Waals surface area contributed by atoms with Crippen LogP contribution < -0.4 is 0 Å². The van der Waals surface area contributed by atoms with Crippen molar-refractivity contribution < 1.29 is 9.53 Å². The van der Waals surface area contributed by atoms with Gasteiger partial charge in [0, 0.05) is 13.0 Å². The Bertz CT molecular complexity index is 970. The number of nitriles is 2. The number of esters is 1. The van der Waals surface area contributed by atoms with Crippen molar-refractivity contribution in [3.8, 4) is 12.1 Å². The maximum absolute atomic E-state index is 11.0. The van der Waals surface area contributed by atoms with E-state index >= 15 is 0 Å². The second-order valence-electron chi connectivity index (χ2n) is 8.52. The van der Waals surface area contributed by atoms with Gasteiger partial charge in [0.05, 0.1) is 7.11 Å². The minimum atomic E-state index is -0.0989. The molecule has 0 aliphatic heterocycles. The predicted molar refractivity (Wildman–Crippen MR) is 126 cm³/mol. The van der Waals surface area contributed by atoms with E-state index in [4.69, 9.17) is 5.26 Å². The largest absolute Gasteiger partial charge is 0.469 e. The standard InChI is InChI=1S/C25H36N6O2/c1-20-28-25-24(21(18-26)29-22(19-27)30-25)31(20)17-15-13-11-9-7-5-3-4-6-8-10-12-14-16-23(32)33-2/h3-17H2,1-2H3. The van der Waals surface area contributed by atoms with Gasteiger partial charge in [0.15, 0.2) is 11.3 Å². The lowest BCUT2D eigenvalue weighted by Gasteiger charge is -2.07. The molecule has 2 aromatic heterocycles. The average molecular weight is 453 g/mol. The number of methoxy groups -OCH3 is 1. The SMILES string of the molecule is COC(=O)CCCCCCCCCCCCCCCn1c(C)nc2nc(C#N)nc(C#N)c21. The molecule has 0 bridgehead atoms. The van der Waals surface area contributed by atoms with Crippen LogP contribution in [0.25, 0.3) is 11.2 Å². The van der Waals surface area contributed by atoms with Crippen molar-refractivity contribution >= 4 is 17.1 Å². The molecule has 0 saturated carbocycles. The van der Waals surface area contributed by atoms with Gasteiger partial charge in [0.25, 0.3) is 0 Å². The molecule has 0 N–H and O–H groups in total. The topological polar surface area (TPSA) is 117 Å². The lowest BCUT2D eigenvalue weighted by molar-refractivity contribution is -0.140. The van der Waals surface area contributed by atoms with Crippen molar-refractivity contribution in [2.24, 2.45) is 0 Å². The molecule has 0 spiro atoms. The third-order valence-electron chi connectivity index (χ3n) is 5.99. The van der Waals surface area contributed by atoms with E-state index in [-0.39, 0.29) is 17.5 Å². The Morgan fingerprint density at radius 3 is 1.88 bits per heavy atom. The number of imidazole rings is 1. The molecule has 2 aromatic rings. The molecule has 0 atom stereocenters. The fourth-order valence-corrected chi connectivity index (χ4v) is 4.13. The lowest BCUT2D eigenvalue weighted by Crippen LogP contribution is -2.04. The number of rotatable bonds is 16. The molecule has 2 rings (SSSR count). The van der Waals surface area contributed by atoms with Crippen LogP contribution in [0.3, 0.4) is 0 Å². The van der Waals surface area contributed by atoms with Crippen molar-refractivity contribution in [2.45, 2.75) is 103 Å². The Kier molecular flexibility index (Phi) is 11.9. The third kappa shape index (κ3) is 8.81. The van der Waals surface area contributed by atoms with Gasteiger partial charge in [-0.2, -0.15) is 15.5 Å². The van der Waals surface area contributed by atoms with Crippen LogP contribution in [0.5, 0.6) is 0 Å². The summed E-state index contributed by atoms with van der Waals surface area (Å²) in [5, 5.41) is 18.4. The zero-order valence-electron chi connectivity index (χ0n) is 20.1. The fourth-order valence-electron chi connectivity index (χ4n) is 4.13. The molecule has 0 fully saturated rings. The fraction of sp³-hybridized carbons (Fsp3) is 0.680. The van der Waals surface area contributed by atoms with E-state index in [1.54, 1.807) is 0 Å². The van der Waals surface area contributed by atoms with Crippen molar-refractivity contribution in [1.29, 1.82) is 10.5 Å². The molecule has 33 heavy (non-hydrogen) atoms. The Balaban J connectivity index is 1.53. The normalized spacial score (nSPS) is 10.8. The molecule has 2 heterocycles. The Labute approximate surface area is 197 Å². The molecule has 0 saturated heterocycles. The van der Waals surface area contributed by atoms with E-state index in [1.165, 1.54) is 64.9 Å². The quantitative estimate of drug-likeness (QED) is 0.243. The summed E-state index contributed by atoms with van der Waals surface area (Å²) in [6, 6.07) is 3.97. The molecule has 0 aromatic carbocycles. The lowest BCUT2D eigenvalue weighted by atomic mass is 10.0. The molecule has 178 valence electrons. The molecule has 8 heteroatoms. The number of fused-ring (bicyclic) bond motifs is 1. The first kappa shape index (κ1) is 26.3. The number of aryl methyl sites for hydroxylation is 2. The molecule has 0 unspecified atom stereocenters. The van der Waals surface area contributed by atoms with E-state index in [2.05, 4.69) is 25.8 Å². The van der Waals surface area contributed by atoms with Crippen molar-refractivity contribution in [3.63, 3.8) is 0 Å². The zero-order valence-corrected chi connectivity index (χ0v) is 20.1. The number of carbonyl (C=O) groups is 1. The Hall–Kier alpha value is -3.00. The number of unbranched alkanes of at least 4 members (excludes halogenated alkanes) is 12. The van der Waals surface area contributed by atoms with Gasteiger partial charge in [-0.15, -0.1) is 0 Å². The summed E-state index contributed by atoms with van der Waals surface area (Å²) in [5.74, 6) is 0.687. The highest BCUT2D eigenvalue weighted by atomic mass is 16.5. The van der Waals surface area contributed by atoms with Gasteiger partial charge in [0.1, 0.15) is 23.5 Å². The molecular weight excluding hydrogens is 416 g/mol. The second-order valence-corrected chi connectivity index (χ2v) is 8.52. The van der Waals surface area contributed by atoms with E-state index in [0.29, 0.717) is 17.6 Å². The van der Waals surface area contributed by atoms with E-state index in [1.807, 2.05) is 17.6 Å². The summed E-state index contributed by atoms with van der Waals surface area (Å²) in [4.78, 5) is 23.6. The number of aromatic nitrogens is 4. The van der Waals surface area contributed by atoms with Crippen LogP contribution >= 0.6 is 0 Å². The van der Waals surface area contributed by atoms with Gasteiger partial charge < -0.3 is 9.30 Å². The number of hydrogen-bond acceptors (Lipinski definition) is 7. The highest BCUT2D eigenvalue weighted by Crippen LogP contribution is 2.19. The molecule has 8 nitrogen and oxygen atoms in total. The third-order valence-corrected chi connectivity index (χ3v) is 5.99. The maximum atomic E-state index is 11.0. The van der Waals surface area contributed by atoms with Crippen LogP contribution in [-0.4, -0.2) is 32.6 Å². The summed E-state index contributed by atoms with van der Waals surface area (Å²) in [5.41, 5.74) is 1.28. The van der Waals surface area contributed by atoms with Crippen molar-refractivity contribution in [3.05, 3.63) is 17.3 Å². The summed E-state index contributed by atoms with van der Waals surface area (Å²) in [6.07, 6.45) is 16.2. The average Bonchev–Trinajstić information content (AvgIpc) is 3.15. The Morgan fingerprint density at radius 1 is 0.818 bits per heavy atom. The first-order valence-electron chi connectivity index (χ1n) is 12.2. The van der Waals surface area contributed by atoms with Crippen LogP contribution in [0, 0.1) is 29.6 Å². The van der Waals surface area contributed by atoms with Crippen LogP contribution in [0.15, 0.2) is 0 Å². The van der Waals surface area contributed by atoms with Gasteiger partial charge in [0.2, 0.25) is 5.82 Å². The van der Waals surface area contributed by atoms with Gasteiger partial charge in [-0.1, -0.05) is 70.6 Å². The Morgan fingerprint density at radius 2 is 1.36 bits per heavy atom. The number of ether oxygens (including phenoxy) is 1. The minimum Gasteiger partial charge on any atom is -0.469 e. The molecule has 0 amide bonds. The molecule has 0 radical (unpaired) electrons. The van der Waals surface area contributed by atoms with Gasteiger partial charge in [-0.3, -0.25) is 4.79 Å². The number of nitrogens with zero attached hydrogens (tertiary/aromatic N) is 6. The molecule has 0 aliphatic carbocycles. The van der Waals surface area contributed by atoms with Crippen molar-refractivity contribution in [2.75, 3.05) is 7.11 Å². The maximum Gasteiger partial charge on any atom is 0.305 e. The zero-order chi connectivity index (χ0) is 23.9. The van der Waals surface area contributed by atoms with Crippen molar-refractivity contribution in [1.82, 2.24) is 19.5 Å². The predicted octanol–water partition coefficient (Wildman–Crippen LogP) is 5.51. The van der Waals surface area contributed by atoms with E-state index in [9.17, 15) is 10.1 Å². The summed E-state index contributed by atoms with van der Waals surface area (Å²) < 4.78 is 6.65. The van der Waals surface area contributed by atoms with Gasteiger partial charge in [-0.05, 0) is 19.8 Å². The summed E-state index contributed by atoms with van der Waals surface area (Å²) >= 11 is 0. The van der Waals surface area contributed by atoms with Crippen LogP contribution in [0.1, 0.15) is 107 Å². The molecule has 0 aliphatic rings. The minimum absolute atomic E-state index is 0.0145. The highest BCUT2D eigenvalue weighted by Gasteiger charge is 2.15. The molecular formula is C25H36N6O2. The van der Waals surface area contributed by atoms with E-state index in [0.717, 1.165) is 38.1 Å². The highest BCUT2D eigenvalue weighted by molar-refractivity contribution is 5.77. The van der Waals surface area contributed by atoms with Crippen LogP contribution in [0.4, 0.5) is 0 Å². The van der Waals surface area contributed by atoms with Gasteiger partial charge >= 0.3 is 5.97 Å². The summed E-state index contributed by atoms with van der Waals surface area (Å²) in [6.45, 7) is 2.68.